The summed E-state index contributed by atoms with van der Waals surface area (Å²) < 4.78 is 21.9. The summed E-state index contributed by atoms with van der Waals surface area (Å²) in [6.45, 7) is 19.6. The first-order valence-corrected chi connectivity index (χ1v) is 31.5. The fourth-order valence-electron chi connectivity index (χ4n) is 10.8. The Morgan fingerprint density at radius 3 is 1.40 bits per heavy atom. The van der Waals surface area contributed by atoms with Crippen molar-refractivity contribution in [1.82, 2.24) is 7.85 Å². The van der Waals surface area contributed by atoms with Gasteiger partial charge in [-0.05, 0) is 95.5 Å². The van der Waals surface area contributed by atoms with Crippen LogP contribution in [0, 0.1) is 23.7 Å². The van der Waals surface area contributed by atoms with Crippen molar-refractivity contribution in [2.24, 2.45) is 23.7 Å². The van der Waals surface area contributed by atoms with Crippen molar-refractivity contribution in [1.29, 1.82) is 0 Å². The Bertz CT molecular complexity index is 2670. The number of rotatable bonds is 28. The molecule has 0 radical (unpaired) electrons. The molecule has 0 fully saturated rings. The van der Waals surface area contributed by atoms with Crippen LogP contribution in [0.1, 0.15) is 179 Å². The van der Waals surface area contributed by atoms with Crippen LogP contribution in [0.5, 0.6) is 11.5 Å². The molecule has 378 valence electrons. The van der Waals surface area contributed by atoms with E-state index in [0.717, 1.165) is 82.7 Å². The second-order valence-corrected chi connectivity index (χ2v) is 25.3. The van der Waals surface area contributed by atoms with Crippen molar-refractivity contribution in [3.05, 3.63) is 67.1 Å². The van der Waals surface area contributed by atoms with Gasteiger partial charge >= 0.3 is 0 Å². The van der Waals surface area contributed by atoms with E-state index >= 15 is 0 Å². The summed E-state index contributed by atoms with van der Waals surface area (Å²) in [5.74, 6) is 3.46. The van der Waals surface area contributed by atoms with Gasteiger partial charge < -0.3 is 9.47 Å². The number of ether oxygens (including phenoxy) is 2. The molecule has 0 saturated carbocycles. The highest BCUT2D eigenvalue weighted by molar-refractivity contribution is 9.08. The minimum atomic E-state index is -0.236. The molecular formula is C58H74Br2N2O4S4. The number of halogens is 2. The maximum Gasteiger partial charge on any atom is 0.271 e. The van der Waals surface area contributed by atoms with Crippen molar-refractivity contribution >= 4 is 141 Å². The molecule has 0 aliphatic carbocycles. The minimum absolute atomic E-state index is 0.236. The Morgan fingerprint density at radius 1 is 0.500 bits per heavy atom. The molecule has 6 aromatic rings. The second-order valence-electron chi connectivity index (χ2n) is 20.0. The summed E-state index contributed by atoms with van der Waals surface area (Å²) in [5.41, 5.74) is 4.77. The zero-order valence-electron chi connectivity index (χ0n) is 42.8. The molecule has 4 atom stereocenters. The molecule has 8 rings (SSSR count). The number of amides is 2. The van der Waals surface area contributed by atoms with Crippen LogP contribution in [-0.4, -0.2) is 32.9 Å². The summed E-state index contributed by atoms with van der Waals surface area (Å²) in [4.78, 5) is 31.7. The molecule has 0 N–H and O–H groups in total. The van der Waals surface area contributed by atoms with Crippen molar-refractivity contribution in [3.8, 4) is 11.5 Å². The number of hydrogen-bond acceptors (Lipinski definition) is 8. The zero-order valence-corrected chi connectivity index (χ0v) is 49.3. The summed E-state index contributed by atoms with van der Waals surface area (Å²) >= 11 is 14.5. The average molecular weight is 1150 g/mol. The zero-order chi connectivity index (χ0) is 49.6. The average Bonchev–Trinajstić information content (AvgIpc) is 4.25. The standard InChI is InChI=1S/C58H74Br2N2O4S4/c1-9-17-21-35(13-5)29-41-39-25-27-68-55(39)52(66-34-38(16-8)24-20-12-4)44-32-46(69-54(41)44)50-48-47(57(63)62(50)60)49(61(59)58(48)64)45-31-43-42(30-36(14-6)22-18-10-2)53-40(26-28-67-53)51(56(43)70-45)65-33-37(15-7)23-19-11-3/h25-28,31-32,35-38H,9-24,29-30,33-34H2,1-8H3. The van der Waals surface area contributed by atoms with Crippen LogP contribution >= 0.6 is 77.6 Å². The van der Waals surface area contributed by atoms with Gasteiger partial charge in [-0.2, -0.15) is 0 Å². The predicted octanol–water partition coefficient (Wildman–Crippen LogP) is 19.7. The van der Waals surface area contributed by atoms with Crippen LogP contribution in [0.15, 0.2) is 46.2 Å². The molecule has 70 heavy (non-hydrogen) atoms. The topological polar surface area (TPSA) is 59.1 Å². The van der Waals surface area contributed by atoms with Gasteiger partial charge in [0, 0.05) is 30.9 Å². The third kappa shape index (κ3) is 10.6. The van der Waals surface area contributed by atoms with E-state index in [-0.39, 0.29) is 11.8 Å². The first kappa shape index (κ1) is 53.5. The molecule has 6 nitrogen and oxygen atoms in total. The normalized spacial score (nSPS) is 16.1. The van der Waals surface area contributed by atoms with Crippen LogP contribution in [0.25, 0.3) is 51.7 Å². The molecule has 2 aromatic carbocycles. The van der Waals surface area contributed by atoms with E-state index in [9.17, 15) is 9.59 Å². The molecular weight excluding hydrogens is 1080 g/mol. The number of fused-ring (bicyclic) bond motifs is 5. The monoisotopic (exact) mass is 1150 g/mol. The highest BCUT2D eigenvalue weighted by Crippen LogP contribution is 2.55. The van der Waals surface area contributed by atoms with Crippen LogP contribution in [0.3, 0.4) is 0 Å². The van der Waals surface area contributed by atoms with E-state index in [1.165, 1.54) is 106 Å². The Kier molecular flexibility index (Phi) is 18.8. The molecule has 0 saturated heterocycles. The minimum Gasteiger partial charge on any atom is -0.491 e. The molecule has 4 unspecified atom stereocenters. The predicted molar refractivity (Wildman–Crippen MR) is 311 cm³/mol. The summed E-state index contributed by atoms with van der Waals surface area (Å²) in [5, 5.41) is 9.13. The Balaban J connectivity index is 1.30. The summed E-state index contributed by atoms with van der Waals surface area (Å²) in [6, 6.07) is 9.00. The number of carbonyl (C=O) groups excluding carboxylic acids is 2. The van der Waals surface area contributed by atoms with Crippen LogP contribution in [0.2, 0.25) is 0 Å². The van der Waals surface area contributed by atoms with Gasteiger partial charge in [0.25, 0.3) is 11.8 Å². The second kappa shape index (κ2) is 24.5. The van der Waals surface area contributed by atoms with E-state index in [4.69, 9.17) is 9.47 Å². The number of unbranched alkanes of at least 4 members (excludes halogenated alkanes) is 4. The number of carbonyl (C=O) groups is 2. The van der Waals surface area contributed by atoms with Gasteiger partial charge in [0.1, 0.15) is 11.5 Å². The maximum absolute atomic E-state index is 14.9. The van der Waals surface area contributed by atoms with Crippen molar-refractivity contribution in [2.75, 3.05) is 13.2 Å². The lowest BCUT2D eigenvalue weighted by molar-refractivity contribution is -0.120. The number of nitrogens with zero attached hydrogens (tertiary/aromatic N) is 2. The highest BCUT2D eigenvalue weighted by Gasteiger charge is 2.49. The van der Waals surface area contributed by atoms with Gasteiger partial charge in [0.2, 0.25) is 0 Å². The van der Waals surface area contributed by atoms with Gasteiger partial charge in [-0.3, -0.25) is 9.59 Å². The molecule has 6 heterocycles. The first-order valence-electron chi connectivity index (χ1n) is 26.7. The molecule has 4 aromatic heterocycles. The molecule has 12 heteroatoms. The Labute approximate surface area is 450 Å². The first-order chi connectivity index (χ1) is 34.1. The molecule has 2 amide bonds. The molecule has 2 aliphatic heterocycles. The number of hydrogen-bond donors (Lipinski definition) is 0. The van der Waals surface area contributed by atoms with E-state index < -0.39 is 0 Å². The highest BCUT2D eigenvalue weighted by atomic mass is 79.9. The fourth-order valence-corrected chi connectivity index (χ4v) is 16.5. The van der Waals surface area contributed by atoms with Crippen molar-refractivity contribution in [3.63, 3.8) is 0 Å². The lowest BCUT2D eigenvalue weighted by Crippen LogP contribution is -2.18. The van der Waals surface area contributed by atoms with Crippen molar-refractivity contribution in [2.45, 2.75) is 171 Å². The quantitative estimate of drug-likeness (QED) is 0.0459. The van der Waals surface area contributed by atoms with E-state index in [0.29, 0.717) is 59.4 Å². The van der Waals surface area contributed by atoms with E-state index in [1.54, 1.807) is 41.9 Å². The lowest BCUT2D eigenvalue weighted by Gasteiger charge is -2.19. The summed E-state index contributed by atoms with van der Waals surface area (Å²) in [7, 11) is 0. The Morgan fingerprint density at radius 2 is 0.914 bits per heavy atom. The van der Waals surface area contributed by atoms with Gasteiger partial charge in [0.15, 0.2) is 0 Å². The third-order valence-corrected chi connectivity index (χ3v) is 20.9. The van der Waals surface area contributed by atoms with E-state index in [1.807, 2.05) is 11.3 Å². The summed E-state index contributed by atoms with van der Waals surface area (Å²) in [6.07, 6.45) is 20.5. The van der Waals surface area contributed by atoms with Gasteiger partial charge in [-0.1, -0.05) is 145 Å². The molecule has 2 aliphatic rings. The third-order valence-electron chi connectivity index (χ3n) is 15.3. The SMILES string of the molecule is CCCCC(CC)COc1c2cc(C3=C4C(=O)N(Br)C(c5cc6c(CC(CC)CCCC)c7sccc7c(OCC(CC)CCCC)c6s5)=C4C(=O)N3Br)sc2c(CC(CC)CCCC)c2ccsc12. The largest absolute Gasteiger partial charge is 0.491 e. The molecule has 0 bridgehead atoms. The number of thiophene rings is 4. The van der Waals surface area contributed by atoms with Crippen LogP contribution in [-0.2, 0) is 22.4 Å². The van der Waals surface area contributed by atoms with Crippen molar-refractivity contribution < 1.29 is 19.1 Å². The van der Waals surface area contributed by atoms with Crippen LogP contribution in [0.4, 0.5) is 0 Å². The smallest absolute Gasteiger partial charge is 0.271 e. The van der Waals surface area contributed by atoms with E-state index in [2.05, 4.69) is 123 Å². The lowest BCUT2D eigenvalue weighted by atomic mass is 9.90. The van der Waals surface area contributed by atoms with Gasteiger partial charge in [0.05, 0.1) is 87.2 Å². The Hall–Kier alpha value is -2.74. The molecule has 0 spiro atoms. The van der Waals surface area contributed by atoms with Crippen LogP contribution < -0.4 is 9.47 Å². The fraction of sp³-hybridized carbons (Fsp3) is 0.552. The number of benzene rings is 2. The van der Waals surface area contributed by atoms with Gasteiger partial charge in [-0.25, -0.2) is 7.85 Å². The van der Waals surface area contributed by atoms with Gasteiger partial charge in [-0.15, -0.1) is 45.3 Å². The maximum atomic E-state index is 14.9.